The normalized spacial score (nSPS) is 14.4. The molecular weight excluding hydrogens is 232 g/mol. The highest BCUT2D eigenvalue weighted by atomic mass is 16.2. The van der Waals surface area contributed by atoms with Crippen LogP contribution in [0.1, 0.15) is 27.3 Å². The molecule has 0 saturated heterocycles. The number of benzene rings is 1. The molecule has 0 radical (unpaired) electrons. The zero-order valence-electron chi connectivity index (χ0n) is 9.46. The lowest BCUT2D eigenvalue weighted by Gasteiger charge is -2.27. The Hall–Kier alpha value is -2.50. The Bertz CT molecular complexity index is 606. The molecule has 0 fully saturated rings. The molecule has 0 spiro atoms. The number of anilines is 1. The Morgan fingerprint density at radius 1 is 1.33 bits per heavy atom. The molecule has 1 aromatic carbocycles. The molecule has 0 saturated carbocycles. The topological polar surface area (TPSA) is 79.0 Å². The molecule has 1 aliphatic rings. The van der Waals surface area contributed by atoms with Crippen LogP contribution in [-0.2, 0) is 0 Å². The van der Waals surface area contributed by atoms with Crippen LogP contribution in [0.25, 0.3) is 0 Å². The molecule has 0 aliphatic carbocycles. The van der Waals surface area contributed by atoms with E-state index >= 15 is 0 Å². The number of carbonyl (C=O) groups is 2. The standard InChI is InChI=1S/C12H10N4O2/c17-11-5-6-16(10-4-2-1-3-8(10)11)12(18)9-7-13-15-14-9/h1-4,7H,5-6H2,(H,13,14,15). The van der Waals surface area contributed by atoms with Crippen LogP contribution in [0.5, 0.6) is 0 Å². The Morgan fingerprint density at radius 2 is 2.17 bits per heavy atom. The predicted octanol–water partition coefficient (Wildman–Crippen LogP) is 1.04. The van der Waals surface area contributed by atoms with Gasteiger partial charge in [-0.25, -0.2) is 0 Å². The molecule has 90 valence electrons. The molecule has 1 N–H and O–H groups in total. The number of ketones is 1. The molecule has 0 bridgehead atoms. The average Bonchev–Trinajstić information content (AvgIpc) is 2.93. The first-order valence-corrected chi connectivity index (χ1v) is 5.57. The third kappa shape index (κ3) is 1.58. The van der Waals surface area contributed by atoms with Gasteiger partial charge in [-0.15, -0.1) is 0 Å². The number of hydrogen-bond acceptors (Lipinski definition) is 4. The SMILES string of the molecule is O=C1CCN(C(=O)c2cn[nH]n2)c2ccccc21. The van der Waals surface area contributed by atoms with Gasteiger partial charge in [0.05, 0.1) is 11.9 Å². The van der Waals surface area contributed by atoms with Crippen LogP contribution >= 0.6 is 0 Å². The summed E-state index contributed by atoms with van der Waals surface area (Å²) in [6.07, 6.45) is 1.71. The minimum absolute atomic E-state index is 0.0646. The van der Waals surface area contributed by atoms with Gasteiger partial charge in [-0.3, -0.25) is 9.59 Å². The van der Waals surface area contributed by atoms with Gasteiger partial charge in [0.25, 0.3) is 5.91 Å². The molecule has 0 atom stereocenters. The van der Waals surface area contributed by atoms with Gasteiger partial charge in [-0.1, -0.05) is 12.1 Å². The monoisotopic (exact) mass is 242 g/mol. The Morgan fingerprint density at radius 3 is 2.94 bits per heavy atom. The number of rotatable bonds is 1. The fourth-order valence-electron chi connectivity index (χ4n) is 2.07. The maximum absolute atomic E-state index is 12.2. The molecule has 0 unspecified atom stereocenters. The van der Waals surface area contributed by atoms with Crippen LogP contribution in [0.15, 0.2) is 30.5 Å². The lowest BCUT2D eigenvalue weighted by Crippen LogP contribution is -2.37. The molecule has 2 heterocycles. The number of para-hydroxylation sites is 1. The summed E-state index contributed by atoms with van der Waals surface area (Å²) in [4.78, 5) is 25.6. The van der Waals surface area contributed by atoms with Crippen LogP contribution in [-0.4, -0.2) is 33.6 Å². The molecule has 18 heavy (non-hydrogen) atoms. The number of hydrogen-bond donors (Lipinski definition) is 1. The second-order valence-corrected chi connectivity index (χ2v) is 4.00. The lowest BCUT2D eigenvalue weighted by molar-refractivity contribution is 0.0952. The number of nitrogens with zero attached hydrogens (tertiary/aromatic N) is 3. The number of H-pyrrole nitrogens is 1. The summed E-state index contributed by atoms with van der Waals surface area (Å²) in [6, 6.07) is 7.10. The van der Waals surface area contributed by atoms with E-state index in [1.54, 1.807) is 29.2 Å². The van der Waals surface area contributed by atoms with E-state index in [2.05, 4.69) is 15.4 Å². The number of aromatic amines is 1. The van der Waals surface area contributed by atoms with E-state index in [4.69, 9.17) is 0 Å². The number of aromatic nitrogens is 3. The zero-order valence-corrected chi connectivity index (χ0v) is 9.46. The summed E-state index contributed by atoms with van der Waals surface area (Å²) in [6.45, 7) is 0.377. The van der Waals surface area contributed by atoms with Crippen molar-refractivity contribution in [3.8, 4) is 0 Å². The molecule has 2 aromatic rings. The summed E-state index contributed by atoms with van der Waals surface area (Å²) >= 11 is 0. The third-order valence-electron chi connectivity index (χ3n) is 2.94. The molecule has 1 aliphatic heterocycles. The Kier molecular flexibility index (Phi) is 2.40. The first kappa shape index (κ1) is 10.6. The quantitative estimate of drug-likeness (QED) is 0.810. The van der Waals surface area contributed by atoms with E-state index in [-0.39, 0.29) is 17.4 Å². The van der Waals surface area contributed by atoms with Crippen LogP contribution in [0.2, 0.25) is 0 Å². The van der Waals surface area contributed by atoms with Gasteiger partial charge in [-0.05, 0) is 12.1 Å². The van der Waals surface area contributed by atoms with Crippen LogP contribution in [0.3, 0.4) is 0 Å². The van der Waals surface area contributed by atoms with Crippen molar-refractivity contribution in [2.75, 3.05) is 11.4 Å². The van der Waals surface area contributed by atoms with Gasteiger partial charge in [0.2, 0.25) is 0 Å². The minimum Gasteiger partial charge on any atom is -0.306 e. The molecule has 6 nitrogen and oxygen atoms in total. The molecule has 3 rings (SSSR count). The van der Waals surface area contributed by atoms with Crippen molar-refractivity contribution in [3.63, 3.8) is 0 Å². The van der Waals surface area contributed by atoms with Crippen molar-refractivity contribution in [2.24, 2.45) is 0 Å². The van der Waals surface area contributed by atoms with Gasteiger partial charge in [0, 0.05) is 18.5 Å². The van der Waals surface area contributed by atoms with E-state index < -0.39 is 0 Å². The molecule has 1 amide bonds. The van der Waals surface area contributed by atoms with Crippen molar-refractivity contribution in [2.45, 2.75) is 6.42 Å². The number of amides is 1. The second kappa shape index (κ2) is 4.06. The fourth-order valence-corrected chi connectivity index (χ4v) is 2.07. The molecule has 1 aromatic heterocycles. The highest BCUT2D eigenvalue weighted by Crippen LogP contribution is 2.27. The minimum atomic E-state index is -0.247. The van der Waals surface area contributed by atoms with E-state index in [9.17, 15) is 9.59 Å². The first-order valence-electron chi connectivity index (χ1n) is 5.57. The van der Waals surface area contributed by atoms with Crippen LogP contribution < -0.4 is 4.90 Å². The van der Waals surface area contributed by atoms with Gasteiger partial charge >= 0.3 is 0 Å². The maximum Gasteiger partial charge on any atom is 0.280 e. The van der Waals surface area contributed by atoms with E-state index in [1.807, 2.05) is 0 Å². The highest BCUT2D eigenvalue weighted by molar-refractivity contribution is 6.12. The van der Waals surface area contributed by atoms with Crippen molar-refractivity contribution in [3.05, 3.63) is 41.7 Å². The maximum atomic E-state index is 12.2. The van der Waals surface area contributed by atoms with Crippen LogP contribution in [0, 0.1) is 0 Å². The molecule has 6 heteroatoms. The van der Waals surface area contributed by atoms with Gasteiger partial charge < -0.3 is 4.90 Å². The van der Waals surface area contributed by atoms with Gasteiger partial charge in [0.15, 0.2) is 11.5 Å². The smallest absolute Gasteiger partial charge is 0.280 e. The van der Waals surface area contributed by atoms with Gasteiger partial charge in [-0.2, -0.15) is 15.4 Å². The van der Waals surface area contributed by atoms with E-state index in [0.717, 1.165) is 0 Å². The largest absolute Gasteiger partial charge is 0.306 e. The van der Waals surface area contributed by atoms with Crippen molar-refractivity contribution in [1.82, 2.24) is 15.4 Å². The van der Waals surface area contributed by atoms with E-state index in [0.29, 0.717) is 24.2 Å². The van der Waals surface area contributed by atoms with E-state index in [1.165, 1.54) is 6.20 Å². The Labute approximate surface area is 103 Å². The number of nitrogens with one attached hydrogen (secondary N) is 1. The second-order valence-electron chi connectivity index (χ2n) is 4.00. The average molecular weight is 242 g/mol. The van der Waals surface area contributed by atoms with Crippen molar-refractivity contribution >= 4 is 17.4 Å². The fraction of sp³-hybridized carbons (Fsp3) is 0.167. The zero-order chi connectivity index (χ0) is 12.5. The number of fused-ring (bicyclic) bond motifs is 1. The summed E-state index contributed by atoms with van der Waals surface area (Å²) in [7, 11) is 0. The Balaban J connectivity index is 2.03. The van der Waals surface area contributed by atoms with Crippen molar-refractivity contribution in [1.29, 1.82) is 0 Å². The molecular formula is C12H10N4O2. The first-order chi connectivity index (χ1) is 8.77. The van der Waals surface area contributed by atoms with Crippen LogP contribution in [0.4, 0.5) is 5.69 Å². The number of carbonyl (C=O) groups excluding carboxylic acids is 2. The predicted molar refractivity (Wildman–Crippen MR) is 63.4 cm³/mol. The van der Waals surface area contributed by atoms with Gasteiger partial charge in [0.1, 0.15) is 0 Å². The summed E-state index contributed by atoms with van der Waals surface area (Å²) in [5, 5.41) is 9.80. The lowest BCUT2D eigenvalue weighted by atomic mass is 10.0. The highest BCUT2D eigenvalue weighted by Gasteiger charge is 2.28. The summed E-state index contributed by atoms with van der Waals surface area (Å²) in [5.74, 6) is -0.182. The summed E-state index contributed by atoms with van der Waals surface area (Å²) in [5.41, 5.74) is 1.47. The summed E-state index contributed by atoms with van der Waals surface area (Å²) < 4.78 is 0. The third-order valence-corrected chi connectivity index (χ3v) is 2.94. The van der Waals surface area contributed by atoms with Crippen molar-refractivity contribution < 1.29 is 9.59 Å². The number of Topliss-reactive ketones (excluding diaryl/α,β-unsaturated/α-hetero) is 1.